The Labute approximate surface area is 199 Å². The molecule has 1 N–H and O–H groups in total. The molecule has 0 unspecified atom stereocenters. The van der Waals surface area contributed by atoms with E-state index in [2.05, 4.69) is 36.4 Å². The molecule has 0 bridgehead atoms. The maximum absolute atomic E-state index is 12.2. The number of nitrogens with zero attached hydrogens (tertiary/aromatic N) is 4. The lowest BCUT2D eigenvalue weighted by Gasteiger charge is -2.10. The number of pyridine rings is 1. The second kappa shape index (κ2) is 11.5. The third-order valence-corrected chi connectivity index (χ3v) is 6.05. The number of carbonyl (C=O) groups is 1. The Morgan fingerprint density at radius 2 is 2.13 bits per heavy atom. The third kappa shape index (κ3) is 6.95. The molecular weight excluding hydrogens is 502 g/mol. The predicted octanol–water partition coefficient (Wildman–Crippen LogP) is 5.16. The molecule has 1 amide bonds. The smallest absolute Gasteiger partial charge is 0.236 e. The molecule has 0 radical (unpaired) electrons. The van der Waals surface area contributed by atoms with Crippen LogP contribution in [0.15, 0.2) is 46.2 Å². The molecule has 0 saturated heterocycles. The summed E-state index contributed by atoms with van der Waals surface area (Å²) in [5.41, 5.74) is 1.01. The van der Waals surface area contributed by atoms with E-state index in [4.69, 9.17) is 16.3 Å². The standard InChI is InChI=1S/C21H23BrClN5O2S/c1-3-28-19(5-4-10-30-17-8-7-16(23)11-14(17)2)26-27-21(28)31-13-20(29)25-18-9-6-15(22)12-24-18/h6-9,11-12H,3-5,10,13H2,1-2H3,(H,24,25,29). The Hall–Kier alpha value is -2.10. The first kappa shape index (κ1) is 23.6. The summed E-state index contributed by atoms with van der Waals surface area (Å²) in [6.45, 7) is 5.32. The van der Waals surface area contributed by atoms with Crippen LogP contribution in [0.1, 0.15) is 24.7 Å². The van der Waals surface area contributed by atoms with E-state index in [0.717, 1.165) is 46.2 Å². The maximum atomic E-state index is 12.2. The highest BCUT2D eigenvalue weighted by Gasteiger charge is 2.13. The van der Waals surface area contributed by atoms with Gasteiger partial charge < -0.3 is 14.6 Å². The minimum atomic E-state index is -0.140. The van der Waals surface area contributed by atoms with Gasteiger partial charge in [0.2, 0.25) is 5.91 Å². The minimum Gasteiger partial charge on any atom is -0.493 e. The van der Waals surface area contributed by atoms with E-state index in [1.165, 1.54) is 11.8 Å². The number of nitrogens with one attached hydrogen (secondary N) is 1. The molecule has 2 heterocycles. The van der Waals surface area contributed by atoms with Crippen LogP contribution in [0.25, 0.3) is 0 Å². The van der Waals surface area contributed by atoms with Gasteiger partial charge in [0.25, 0.3) is 0 Å². The summed E-state index contributed by atoms with van der Waals surface area (Å²) in [7, 11) is 0. The van der Waals surface area contributed by atoms with Gasteiger partial charge in [0.1, 0.15) is 17.4 Å². The molecule has 7 nitrogen and oxygen atoms in total. The molecule has 0 aliphatic carbocycles. The zero-order valence-corrected chi connectivity index (χ0v) is 20.4. The monoisotopic (exact) mass is 523 g/mol. The van der Waals surface area contributed by atoms with Crippen LogP contribution in [0.5, 0.6) is 5.75 Å². The molecule has 3 rings (SSSR count). The molecule has 0 saturated carbocycles. The molecule has 10 heteroatoms. The van der Waals surface area contributed by atoms with Gasteiger partial charge in [-0.1, -0.05) is 23.4 Å². The van der Waals surface area contributed by atoms with Crippen molar-refractivity contribution in [3.05, 3.63) is 57.4 Å². The summed E-state index contributed by atoms with van der Waals surface area (Å²) in [4.78, 5) is 16.4. The first-order valence-corrected chi connectivity index (χ1v) is 12.0. The second-order valence-corrected chi connectivity index (χ2v) is 9.00. The number of carbonyl (C=O) groups excluding carboxylic acids is 1. The van der Waals surface area contributed by atoms with E-state index >= 15 is 0 Å². The van der Waals surface area contributed by atoms with E-state index in [1.54, 1.807) is 12.3 Å². The summed E-state index contributed by atoms with van der Waals surface area (Å²) in [5, 5.41) is 12.8. The van der Waals surface area contributed by atoms with Gasteiger partial charge in [0.15, 0.2) is 5.16 Å². The topological polar surface area (TPSA) is 81.9 Å². The van der Waals surface area contributed by atoms with Crippen LogP contribution in [0, 0.1) is 6.92 Å². The Morgan fingerprint density at radius 1 is 1.29 bits per heavy atom. The summed E-state index contributed by atoms with van der Waals surface area (Å²) < 4.78 is 8.74. The third-order valence-electron chi connectivity index (χ3n) is 4.38. The number of benzene rings is 1. The Kier molecular flexibility index (Phi) is 8.74. The highest BCUT2D eigenvalue weighted by molar-refractivity contribution is 9.10. The van der Waals surface area contributed by atoms with Crippen molar-refractivity contribution in [3.63, 3.8) is 0 Å². The lowest BCUT2D eigenvalue weighted by molar-refractivity contribution is -0.113. The summed E-state index contributed by atoms with van der Waals surface area (Å²) >= 11 is 10.7. The molecule has 0 aliphatic rings. The molecular formula is C21H23BrClN5O2S. The second-order valence-electron chi connectivity index (χ2n) is 6.70. The van der Waals surface area contributed by atoms with Crippen LogP contribution < -0.4 is 10.1 Å². The maximum Gasteiger partial charge on any atom is 0.236 e. The normalized spacial score (nSPS) is 10.8. The van der Waals surface area contributed by atoms with Crippen LogP contribution in [0.2, 0.25) is 5.02 Å². The van der Waals surface area contributed by atoms with Gasteiger partial charge in [-0.2, -0.15) is 0 Å². The molecule has 0 aliphatic heterocycles. The predicted molar refractivity (Wildman–Crippen MR) is 127 cm³/mol. The molecule has 0 atom stereocenters. The van der Waals surface area contributed by atoms with Crippen LogP contribution in [-0.2, 0) is 17.8 Å². The van der Waals surface area contributed by atoms with Crippen molar-refractivity contribution in [2.75, 3.05) is 17.7 Å². The Bertz CT molecular complexity index is 1030. The molecule has 0 spiro atoms. The van der Waals surface area contributed by atoms with Crippen molar-refractivity contribution in [1.82, 2.24) is 19.7 Å². The fraction of sp³-hybridized carbons (Fsp3) is 0.333. The van der Waals surface area contributed by atoms with E-state index in [0.29, 0.717) is 17.4 Å². The van der Waals surface area contributed by atoms with E-state index in [-0.39, 0.29) is 11.7 Å². The zero-order chi connectivity index (χ0) is 22.2. The van der Waals surface area contributed by atoms with Gasteiger partial charge in [-0.3, -0.25) is 4.79 Å². The van der Waals surface area contributed by atoms with Crippen molar-refractivity contribution in [2.24, 2.45) is 0 Å². The first-order chi connectivity index (χ1) is 15.0. The number of hydrogen-bond acceptors (Lipinski definition) is 6. The van der Waals surface area contributed by atoms with E-state index < -0.39 is 0 Å². The molecule has 3 aromatic rings. The number of aromatic nitrogens is 4. The number of halogens is 2. The average Bonchev–Trinajstić information content (AvgIpc) is 3.14. The molecule has 2 aromatic heterocycles. The van der Waals surface area contributed by atoms with Gasteiger partial charge >= 0.3 is 0 Å². The SMILES string of the molecule is CCn1c(CCCOc2ccc(Cl)cc2C)nnc1SCC(=O)Nc1ccc(Br)cn1. The molecule has 31 heavy (non-hydrogen) atoms. The van der Waals surface area contributed by atoms with E-state index in [9.17, 15) is 4.79 Å². The highest BCUT2D eigenvalue weighted by atomic mass is 79.9. The van der Waals surface area contributed by atoms with Crippen LogP contribution in [0.4, 0.5) is 5.82 Å². The van der Waals surface area contributed by atoms with Crippen molar-refractivity contribution >= 4 is 51.0 Å². The number of hydrogen-bond donors (Lipinski definition) is 1. The lowest BCUT2D eigenvalue weighted by Crippen LogP contribution is -2.15. The van der Waals surface area contributed by atoms with Crippen molar-refractivity contribution < 1.29 is 9.53 Å². The zero-order valence-electron chi connectivity index (χ0n) is 17.3. The molecule has 164 valence electrons. The van der Waals surface area contributed by atoms with Gasteiger partial charge in [0.05, 0.1) is 12.4 Å². The fourth-order valence-electron chi connectivity index (χ4n) is 2.87. The Morgan fingerprint density at radius 3 is 2.84 bits per heavy atom. The number of anilines is 1. The van der Waals surface area contributed by atoms with Crippen molar-refractivity contribution in [1.29, 1.82) is 0 Å². The van der Waals surface area contributed by atoms with Gasteiger partial charge in [-0.15, -0.1) is 10.2 Å². The summed E-state index contributed by atoms with van der Waals surface area (Å²) in [6, 6.07) is 9.16. The van der Waals surface area contributed by atoms with E-state index in [1.807, 2.05) is 42.7 Å². The molecule has 1 aromatic carbocycles. The van der Waals surface area contributed by atoms with Gasteiger partial charge in [-0.25, -0.2) is 4.98 Å². The lowest BCUT2D eigenvalue weighted by atomic mass is 10.2. The van der Waals surface area contributed by atoms with Crippen LogP contribution in [-0.4, -0.2) is 38.0 Å². The number of thioether (sulfide) groups is 1. The van der Waals surface area contributed by atoms with Crippen molar-refractivity contribution in [3.8, 4) is 5.75 Å². The first-order valence-electron chi connectivity index (χ1n) is 9.81. The fourth-order valence-corrected chi connectivity index (χ4v) is 4.16. The van der Waals surface area contributed by atoms with Crippen LogP contribution in [0.3, 0.4) is 0 Å². The number of amides is 1. The minimum absolute atomic E-state index is 0.140. The summed E-state index contributed by atoms with van der Waals surface area (Å²) in [6.07, 6.45) is 3.18. The Balaban J connectivity index is 1.48. The largest absolute Gasteiger partial charge is 0.493 e. The van der Waals surface area contributed by atoms with Crippen LogP contribution >= 0.6 is 39.3 Å². The number of aryl methyl sites for hydroxylation is 2. The van der Waals surface area contributed by atoms with Gasteiger partial charge in [0, 0.05) is 28.7 Å². The number of ether oxygens (including phenoxy) is 1. The quantitative estimate of drug-likeness (QED) is 0.291. The highest BCUT2D eigenvalue weighted by Crippen LogP contribution is 2.22. The van der Waals surface area contributed by atoms with Gasteiger partial charge in [-0.05, 0) is 72.1 Å². The molecule has 0 fully saturated rings. The average molecular weight is 525 g/mol. The van der Waals surface area contributed by atoms with Crippen molar-refractivity contribution in [2.45, 2.75) is 38.4 Å². The summed E-state index contributed by atoms with van der Waals surface area (Å²) in [5.74, 6) is 2.33. The number of rotatable bonds is 10.